The lowest BCUT2D eigenvalue weighted by Gasteiger charge is -2.21. The van der Waals surface area contributed by atoms with Crippen molar-refractivity contribution in [2.24, 2.45) is 0 Å². The second kappa shape index (κ2) is 9.92. The molecule has 0 bridgehead atoms. The van der Waals surface area contributed by atoms with E-state index in [0.717, 1.165) is 23.5 Å². The van der Waals surface area contributed by atoms with Gasteiger partial charge in [-0.05, 0) is 52.0 Å². The molecule has 0 spiro atoms. The van der Waals surface area contributed by atoms with E-state index < -0.39 is 24.2 Å². The van der Waals surface area contributed by atoms with Crippen molar-refractivity contribution in [2.75, 3.05) is 18.0 Å². The zero-order valence-electron chi connectivity index (χ0n) is 19.4. The number of benzene rings is 2. The van der Waals surface area contributed by atoms with E-state index in [2.05, 4.69) is 9.88 Å². The molecule has 0 fully saturated rings. The van der Waals surface area contributed by atoms with Gasteiger partial charge in [-0.3, -0.25) is 0 Å². The van der Waals surface area contributed by atoms with Crippen molar-refractivity contribution in [1.29, 1.82) is 0 Å². The zero-order chi connectivity index (χ0) is 24.4. The molecule has 1 N–H and O–H groups in total. The van der Waals surface area contributed by atoms with Crippen LogP contribution in [0.3, 0.4) is 0 Å². The third-order valence-corrected chi connectivity index (χ3v) is 6.45. The van der Waals surface area contributed by atoms with Gasteiger partial charge >= 0.3 is 11.6 Å². The van der Waals surface area contributed by atoms with E-state index >= 15 is 0 Å². The summed E-state index contributed by atoms with van der Waals surface area (Å²) in [6.45, 7) is 8.53. The van der Waals surface area contributed by atoms with Crippen LogP contribution in [0.15, 0.2) is 51.7 Å². The Morgan fingerprint density at radius 1 is 1.18 bits per heavy atom. The first-order chi connectivity index (χ1) is 16.3. The smallest absolute Gasteiger partial charge is 0.347 e. The number of anilines is 1. The first-order valence-corrected chi connectivity index (χ1v) is 11.9. The quantitative estimate of drug-likeness (QED) is 0.218. The molecule has 8 nitrogen and oxygen atoms in total. The van der Waals surface area contributed by atoms with Gasteiger partial charge in [-0.15, -0.1) is 11.3 Å². The highest BCUT2D eigenvalue weighted by Gasteiger charge is 2.27. The summed E-state index contributed by atoms with van der Waals surface area (Å²) < 4.78 is 17.1. The number of aliphatic hydroxyl groups is 1. The molecule has 0 amide bonds. The monoisotopic (exact) mass is 482 g/mol. The van der Waals surface area contributed by atoms with Crippen LogP contribution in [-0.4, -0.2) is 41.7 Å². The number of aliphatic hydroxyl groups excluding tert-OH is 1. The Balaban J connectivity index is 1.93. The van der Waals surface area contributed by atoms with Crippen LogP contribution in [-0.2, 0) is 9.47 Å². The van der Waals surface area contributed by atoms with Gasteiger partial charge in [-0.25, -0.2) is 14.6 Å². The average Bonchev–Trinajstić information content (AvgIpc) is 3.22. The Labute approximate surface area is 200 Å². The highest BCUT2D eigenvalue weighted by atomic mass is 32.1. The highest BCUT2D eigenvalue weighted by molar-refractivity contribution is 7.21. The molecule has 0 radical (unpaired) electrons. The fourth-order valence-electron chi connectivity index (χ4n) is 3.88. The van der Waals surface area contributed by atoms with Crippen LogP contribution in [0.5, 0.6) is 0 Å². The zero-order valence-corrected chi connectivity index (χ0v) is 20.2. The minimum absolute atomic E-state index is 0.0403. The fraction of sp³-hybridized carbons (Fsp3) is 0.320. The predicted octanol–water partition coefficient (Wildman–Crippen LogP) is 4.77. The molecule has 2 heterocycles. The first-order valence-electron chi connectivity index (χ1n) is 11.1. The number of hydrogen-bond acceptors (Lipinski definition) is 9. The SMILES string of the molecule is CCN(CC)c1ccc2c(C(=O)OC(C)OC(C)O)c(-c3nc4ccccc4s3)c(=O)oc2c1. The number of nitrogens with zero attached hydrogens (tertiary/aromatic N) is 2. The van der Waals surface area contributed by atoms with Crippen LogP contribution in [0, 0.1) is 0 Å². The molecular weight excluding hydrogens is 456 g/mol. The summed E-state index contributed by atoms with van der Waals surface area (Å²) in [5.74, 6) is -0.768. The van der Waals surface area contributed by atoms with Crippen LogP contribution >= 0.6 is 11.3 Å². The maximum atomic E-state index is 13.3. The van der Waals surface area contributed by atoms with E-state index in [0.29, 0.717) is 15.9 Å². The number of ether oxygens (including phenoxy) is 2. The van der Waals surface area contributed by atoms with Crippen LogP contribution in [0.25, 0.3) is 31.8 Å². The molecule has 2 unspecified atom stereocenters. The van der Waals surface area contributed by atoms with Gasteiger partial charge in [0.25, 0.3) is 0 Å². The van der Waals surface area contributed by atoms with Crippen LogP contribution in [0.2, 0.25) is 0 Å². The van der Waals surface area contributed by atoms with Gasteiger partial charge in [0.05, 0.1) is 15.8 Å². The molecule has 2 aromatic heterocycles. The van der Waals surface area contributed by atoms with E-state index in [1.165, 1.54) is 25.2 Å². The Morgan fingerprint density at radius 3 is 2.59 bits per heavy atom. The van der Waals surface area contributed by atoms with Crippen molar-refractivity contribution in [2.45, 2.75) is 40.3 Å². The van der Waals surface area contributed by atoms with Crippen molar-refractivity contribution in [1.82, 2.24) is 4.98 Å². The molecule has 2 atom stereocenters. The lowest BCUT2D eigenvalue weighted by Crippen LogP contribution is -2.24. The van der Waals surface area contributed by atoms with Crippen molar-refractivity contribution in [3.8, 4) is 10.6 Å². The summed E-state index contributed by atoms with van der Waals surface area (Å²) >= 11 is 1.29. The summed E-state index contributed by atoms with van der Waals surface area (Å²) in [5, 5.41) is 10.3. The number of carbonyl (C=O) groups is 1. The molecule has 4 rings (SSSR count). The minimum Gasteiger partial charge on any atom is -0.432 e. The van der Waals surface area contributed by atoms with Crippen molar-refractivity contribution in [3.05, 3.63) is 58.4 Å². The lowest BCUT2D eigenvalue weighted by molar-refractivity contribution is -0.191. The summed E-state index contributed by atoms with van der Waals surface area (Å²) in [7, 11) is 0. The number of rotatable bonds is 8. The summed E-state index contributed by atoms with van der Waals surface area (Å²) in [4.78, 5) is 33.2. The first kappa shape index (κ1) is 23.9. The molecule has 178 valence electrons. The third-order valence-electron chi connectivity index (χ3n) is 5.39. The largest absolute Gasteiger partial charge is 0.432 e. The molecule has 0 aliphatic heterocycles. The number of para-hydroxylation sites is 1. The standard InChI is InChI=1S/C25H26N2O6S/c1-5-27(6-2)16-11-12-17-19(13-16)33-25(30)22(21(17)24(29)32-15(4)31-14(3)28)23-26-18-9-7-8-10-20(18)34-23/h7-15,28H,5-6H2,1-4H3. The fourth-order valence-corrected chi connectivity index (χ4v) is 4.88. The number of esters is 1. The second-order valence-electron chi connectivity index (χ2n) is 7.69. The second-order valence-corrected chi connectivity index (χ2v) is 8.72. The van der Waals surface area contributed by atoms with Gasteiger partial charge in [-0.1, -0.05) is 12.1 Å². The van der Waals surface area contributed by atoms with E-state index in [1.807, 2.05) is 44.2 Å². The summed E-state index contributed by atoms with van der Waals surface area (Å²) in [5.41, 5.74) is 1.27. The van der Waals surface area contributed by atoms with Crippen LogP contribution in [0.1, 0.15) is 38.1 Å². The normalized spacial score (nSPS) is 13.2. The minimum atomic E-state index is -1.12. The molecule has 0 aliphatic rings. The maximum absolute atomic E-state index is 13.3. The molecule has 2 aromatic carbocycles. The molecule has 34 heavy (non-hydrogen) atoms. The topological polar surface area (TPSA) is 102 Å². The lowest BCUT2D eigenvalue weighted by atomic mass is 10.0. The highest BCUT2D eigenvalue weighted by Crippen LogP contribution is 2.35. The van der Waals surface area contributed by atoms with Gasteiger partial charge in [0, 0.05) is 30.2 Å². The van der Waals surface area contributed by atoms with Crippen LogP contribution in [0.4, 0.5) is 5.69 Å². The third kappa shape index (κ3) is 4.68. The summed E-state index contributed by atoms with van der Waals surface area (Å²) in [6.07, 6.45) is -2.16. The molecule has 4 aromatic rings. The number of carbonyl (C=O) groups excluding carboxylic acids is 1. The van der Waals surface area contributed by atoms with Gasteiger partial charge in [0.15, 0.2) is 6.29 Å². The maximum Gasteiger partial charge on any atom is 0.347 e. The predicted molar refractivity (Wildman–Crippen MR) is 132 cm³/mol. The number of aromatic nitrogens is 1. The Hall–Kier alpha value is -3.27. The average molecular weight is 483 g/mol. The van der Waals surface area contributed by atoms with Gasteiger partial charge in [0.1, 0.15) is 16.2 Å². The molecule has 0 aliphatic carbocycles. The molecule has 0 saturated heterocycles. The number of fused-ring (bicyclic) bond motifs is 2. The number of thiazole rings is 1. The van der Waals surface area contributed by atoms with Crippen molar-refractivity contribution < 1.29 is 23.8 Å². The summed E-state index contributed by atoms with van der Waals surface area (Å²) in [6, 6.07) is 12.8. The molecule has 0 saturated carbocycles. The van der Waals surface area contributed by atoms with Crippen LogP contribution < -0.4 is 10.5 Å². The Bertz CT molecular complexity index is 1360. The van der Waals surface area contributed by atoms with E-state index in [4.69, 9.17) is 13.9 Å². The molecular formula is C25H26N2O6S. The van der Waals surface area contributed by atoms with Crippen molar-refractivity contribution >= 4 is 44.2 Å². The Morgan fingerprint density at radius 2 is 1.91 bits per heavy atom. The van der Waals surface area contributed by atoms with E-state index in [-0.39, 0.29) is 16.7 Å². The van der Waals surface area contributed by atoms with Crippen molar-refractivity contribution in [3.63, 3.8) is 0 Å². The molecule has 9 heteroatoms. The Kier molecular flexibility index (Phi) is 6.97. The number of hydrogen-bond donors (Lipinski definition) is 1. The van der Waals surface area contributed by atoms with Gasteiger partial charge in [-0.2, -0.15) is 0 Å². The van der Waals surface area contributed by atoms with E-state index in [9.17, 15) is 14.7 Å². The van der Waals surface area contributed by atoms with Gasteiger partial charge in [0.2, 0.25) is 6.29 Å². The van der Waals surface area contributed by atoms with Gasteiger partial charge < -0.3 is 23.9 Å². The van der Waals surface area contributed by atoms with E-state index in [1.54, 1.807) is 12.1 Å².